The normalized spacial score (nSPS) is 19.8. The molecule has 0 N–H and O–H groups in total. The number of hydrogen-bond donors (Lipinski definition) is 0. The molecule has 0 fully saturated rings. The molecular weight excluding hydrogens is 200 g/mol. The first-order valence-electron chi connectivity index (χ1n) is 4.33. The van der Waals surface area contributed by atoms with Crippen molar-refractivity contribution < 1.29 is 9.53 Å². The molecule has 1 atom stereocenters. The third-order valence-electron chi connectivity index (χ3n) is 2.19. The quantitative estimate of drug-likeness (QED) is 0.664. The molecule has 1 unspecified atom stereocenters. The maximum absolute atomic E-state index is 11.6. The molecule has 0 radical (unpaired) electrons. The fourth-order valence-corrected chi connectivity index (χ4v) is 1.68. The largest absolute Gasteiger partial charge is 0.484 e. The molecule has 0 saturated carbocycles. The van der Waals surface area contributed by atoms with E-state index in [-0.39, 0.29) is 11.9 Å². The Morgan fingerprint density at radius 1 is 1.57 bits per heavy atom. The number of fused-ring (bicyclic) bond motifs is 1. The van der Waals surface area contributed by atoms with Gasteiger partial charge in [0.05, 0.1) is 17.0 Å². The number of benzene rings is 1. The van der Waals surface area contributed by atoms with Crippen LogP contribution in [0.5, 0.6) is 5.75 Å². The Kier molecular flexibility index (Phi) is 2.30. The molecule has 0 amide bonds. The van der Waals surface area contributed by atoms with Crippen molar-refractivity contribution in [3.8, 4) is 5.75 Å². The van der Waals surface area contributed by atoms with Gasteiger partial charge in [0, 0.05) is 0 Å². The first-order chi connectivity index (χ1) is 6.72. The number of ketones is 1. The van der Waals surface area contributed by atoms with Crippen molar-refractivity contribution in [1.82, 2.24) is 0 Å². The van der Waals surface area contributed by atoms with Crippen LogP contribution in [0, 0.1) is 0 Å². The van der Waals surface area contributed by atoms with Crippen molar-refractivity contribution >= 4 is 17.4 Å². The summed E-state index contributed by atoms with van der Waals surface area (Å²) in [6, 6.07) is 5.18. The minimum absolute atomic E-state index is 0.0543. The fourth-order valence-electron chi connectivity index (χ4n) is 1.47. The standard InChI is InChI=1S/C11H9ClO2/c1-2-7-6-10(13)8-4-3-5-9(12)11(8)14-7/h2-5,7H,1,6H2. The van der Waals surface area contributed by atoms with Crippen LogP contribution in [0.25, 0.3) is 0 Å². The summed E-state index contributed by atoms with van der Waals surface area (Å²) in [5.41, 5.74) is 0.565. The van der Waals surface area contributed by atoms with Crippen molar-refractivity contribution in [2.45, 2.75) is 12.5 Å². The maximum Gasteiger partial charge on any atom is 0.170 e. The summed E-state index contributed by atoms with van der Waals surface area (Å²) in [4.78, 5) is 11.6. The Balaban J connectivity index is 2.50. The van der Waals surface area contributed by atoms with Gasteiger partial charge in [-0.3, -0.25) is 4.79 Å². The van der Waals surface area contributed by atoms with E-state index in [4.69, 9.17) is 16.3 Å². The second kappa shape index (κ2) is 3.46. The van der Waals surface area contributed by atoms with Crippen LogP contribution < -0.4 is 4.74 Å². The van der Waals surface area contributed by atoms with Crippen LogP contribution in [0.2, 0.25) is 5.02 Å². The molecule has 1 aromatic rings. The van der Waals surface area contributed by atoms with Crippen LogP contribution in [0.4, 0.5) is 0 Å². The molecule has 1 aliphatic rings. The highest BCUT2D eigenvalue weighted by Gasteiger charge is 2.25. The van der Waals surface area contributed by atoms with Crippen molar-refractivity contribution in [3.05, 3.63) is 41.4 Å². The minimum atomic E-state index is -0.255. The Bertz CT molecular complexity index is 398. The maximum atomic E-state index is 11.6. The highest BCUT2D eigenvalue weighted by molar-refractivity contribution is 6.32. The Morgan fingerprint density at radius 2 is 2.36 bits per heavy atom. The van der Waals surface area contributed by atoms with Crippen LogP contribution in [-0.2, 0) is 0 Å². The molecule has 0 aliphatic carbocycles. The topological polar surface area (TPSA) is 26.3 Å². The molecule has 14 heavy (non-hydrogen) atoms. The van der Waals surface area contributed by atoms with Crippen LogP contribution >= 0.6 is 11.6 Å². The molecule has 0 bridgehead atoms. The fraction of sp³-hybridized carbons (Fsp3) is 0.182. The molecule has 0 saturated heterocycles. The monoisotopic (exact) mass is 208 g/mol. The Labute approximate surface area is 87.1 Å². The van der Waals surface area contributed by atoms with E-state index in [2.05, 4.69) is 6.58 Å². The van der Waals surface area contributed by atoms with E-state index in [0.717, 1.165) is 0 Å². The van der Waals surface area contributed by atoms with Gasteiger partial charge in [-0.15, -0.1) is 0 Å². The molecule has 2 rings (SSSR count). The van der Waals surface area contributed by atoms with Gasteiger partial charge >= 0.3 is 0 Å². The summed E-state index contributed by atoms with van der Waals surface area (Å²) in [6.45, 7) is 3.60. The van der Waals surface area contributed by atoms with Gasteiger partial charge in [0.25, 0.3) is 0 Å². The first kappa shape index (κ1) is 9.28. The lowest BCUT2D eigenvalue weighted by atomic mass is 10.0. The lowest BCUT2D eigenvalue weighted by Crippen LogP contribution is -2.24. The number of ether oxygens (including phenoxy) is 1. The van der Waals surface area contributed by atoms with Crippen molar-refractivity contribution in [3.63, 3.8) is 0 Å². The van der Waals surface area contributed by atoms with Gasteiger partial charge in [-0.25, -0.2) is 0 Å². The van der Waals surface area contributed by atoms with E-state index in [9.17, 15) is 4.79 Å². The SMILES string of the molecule is C=CC1CC(=O)c2cccc(Cl)c2O1. The van der Waals surface area contributed by atoms with Gasteiger partial charge in [0.15, 0.2) is 5.78 Å². The molecular formula is C11H9ClO2. The summed E-state index contributed by atoms with van der Waals surface area (Å²) < 4.78 is 5.51. The van der Waals surface area contributed by atoms with E-state index >= 15 is 0 Å². The number of halogens is 1. The van der Waals surface area contributed by atoms with Gasteiger partial charge in [-0.1, -0.05) is 30.3 Å². The molecule has 1 aliphatic heterocycles. The van der Waals surface area contributed by atoms with E-state index in [1.165, 1.54) is 0 Å². The van der Waals surface area contributed by atoms with Gasteiger partial charge in [0.1, 0.15) is 11.9 Å². The summed E-state index contributed by atoms with van der Waals surface area (Å²) in [5.74, 6) is 0.536. The molecule has 72 valence electrons. The number of Topliss-reactive ketones (excluding diaryl/α,β-unsaturated/α-hetero) is 1. The van der Waals surface area contributed by atoms with E-state index < -0.39 is 0 Å². The molecule has 1 heterocycles. The summed E-state index contributed by atoms with van der Waals surface area (Å²) >= 11 is 5.92. The van der Waals surface area contributed by atoms with Gasteiger partial charge < -0.3 is 4.74 Å². The van der Waals surface area contributed by atoms with Gasteiger partial charge in [-0.2, -0.15) is 0 Å². The average Bonchev–Trinajstić information content (AvgIpc) is 2.19. The van der Waals surface area contributed by atoms with Gasteiger partial charge in [-0.05, 0) is 12.1 Å². The van der Waals surface area contributed by atoms with Crippen LogP contribution in [0.1, 0.15) is 16.8 Å². The number of hydrogen-bond acceptors (Lipinski definition) is 2. The average molecular weight is 209 g/mol. The predicted octanol–water partition coefficient (Wildman–Crippen LogP) is 2.86. The third-order valence-corrected chi connectivity index (χ3v) is 2.48. The van der Waals surface area contributed by atoms with E-state index in [1.807, 2.05) is 0 Å². The molecule has 0 aromatic heterocycles. The lowest BCUT2D eigenvalue weighted by molar-refractivity contribution is 0.0894. The number of para-hydroxylation sites is 1. The lowest BCUT2D eigenvalue weighted by Gasteiger charge is -2.23. The summed E-state index contributed by atoms with van der Waals surface area (Å²) in [7, 11) is 0. The zero-order valence-electron chi connectivity index (χ0n) is 7.50. The molecule has 0 spiro atoms. The molecule has 1 aromatic carbocycles. The zero-order valence-corrected chi connectivity index (χ0v) is 8.25. The highest BCUT2D eigenvalue weighted by atomic mass is 35.5. The van der Waals surface area contributed by atoms with Crippen LogP contribution in [0.3, 0.4) is 0 Å². The Morgan fingerprint density at radius 3 is 3.07 bits per heavy atom. The van der Waals surface area contributed by atoms with Crippen molar-refractivity contribution in [1.29, 1.82) is 0 Å². The highest BCUT2D eigenvalue weighted by Crippen LogP contribution is 2.34. The number of carbonyl (C=O) groups is 1. The third kappa shape index (κ3) is 1.42. The smallest absolute Gasteiger partial charge is 0.170 e. The minimum Gasteiger partial charge on any atom is -0.484 e. The van der Waals surface area contributed by atoms with E-state index in [1.54, 1.807) is 24.3 Å². The second-order valence-corrected chi connectivity index (χ2v) is 3.54. The van der Waals surface area contributed by atoms with Crippen molar-refractivity contribution in [2.24, 2.45) is 0 Å². The predicted molar refractivity (Wildman–Crippen MR) is 55.0 cm³/mol. The summed E-state index contributed by atoms with van der Waals surface area (Å²) in [5, 5.41) is 0.474. The second-order valence-electron chi connectivity index (χ2n) is 3.14. The van der Waals surface area contributed by atoms with Crippen molar-refractivity contribution in [2.75, 3.05) is 0 Å². The van der Waals surface area contributed by atoms with Gasteiger partial charge in [0.2, 0.25) is 0 Å². The molecule has 3 heteroatoms. The zero-order chi connectivity index (χ0) is 10.1. The first-order valence-corrected chi connectivity index (χ1v) is 4.71. The van der Waals surface area contributed by atoms with E-state index in [0.29, 0.717) is 22.8 Å². The van der Waals surface area contributed by atoms with Crippen LogP contribution in [0.15, 0.2) is 30.9 Å². The number of rotatable bonds is 1. The number of carbonyl (C=O) groups excluding carboxylic acids is 1. The molecule has 2 nitrogen and oxygen atoms in total. The Hall–Kier alpha value is -1.28. The summed E-state index contributed by atoms with van der Waals surface area (Å²) in [6.07, 6.45) is 1.70. The van der Waals surface area contributed by atoms with Crippen LogP contribution in [-0.4, -0.2) is 11.9 Å².